The van der Waals surface area contributed by atoms with Crippen LogP contribution in [0.5, 0.6) is 0 Å². The van der Waals surface area contributed by atoms with Gasteiger partial charge in [-0.05, 0) is 96.6 Å². The van der Waals surface area contributed by atoms with Crippen LogP contribution >= 0.6 is 0 Å². The molecule has 1 aromatic heterocycles. The van der Waals surface area contributed by atoms with Gasteiger partial charge in [0.15, 0.2) is 0 Å². The molecule has 0 saturated heterocycles. The van der Waals surface area contributed by atoms with Gasteiger partial charge in [0.25, 0.3) is 0 Å². The summed E-state index contributed by atoms with van der Waals surface area (Å²) in [5.74, 6) is 0. The quantitative estimate of drug-likeness (QED) is 0.167. The van der Waals surface area contributed by atoms with Crippen molar-refractivity contribution in [2.45, 2.75) is 10.8 Å². The Morgan fingerprint density at radius 2 is 0.754 bits per heavy atom. The summed E-state index contributed by atoms with van der Waals surface area (Å²) in [6.45, 7) is 0. The molecule has 3 aliphatic carbocycles. The van der Waals surface area contributed by atoms with Crippen LogP contribution in [0.15, 0.2) is 212 Å². The van der Waals surface area contributed by atoms with Crippen molar-refractivity contribution in [3.05, 3.63) is 257 Å². The van der Waals surface area contributed by atoms with Crippen molar-refractivity contribution in [1.82, 2.24) is 4.57 Å². The van der Waals surface area contributed by atoms with Gasteiger partial charge in [0, 0.05) is 19.2 Å². The number of hydrogen-bond acceptors (Lipinski definition) is 0. The number of fused-ring (bicyclic) bond motifs is 19. The molecule has 0 radical (unpaired) electrons. The number of nitrogens with zero attached hydrogens (tertiary/aromatic N) is 1. The molecule has 268 valence electrons. The average molecular weight is 726 g/mol. The van der Waals surface area contributed by atoms with E-state index in [0.29, 0.717) is 0 Å². The molecule has 0 saturated carbocycles. The SMILES string of the molecule is [HH].[HH].c1ccc(-c2ccc3c(c2)c2ccccc2n3-c2cccc3c2-c2ccccc2C32c3ccccc3C3(c4ccccc4-c4ccccc43)c3ccccc32)cc1. The molecule has 3 aliphatic rings. The molecule has 2 spiro atoms. The van der Waals surface area contributed by atoms with E-state index >= 15 is 0 Å². The van der Waals surface area contributed by atoms with Gasteiger partial charge in [-0.1, -0.05) is 188 Å². The lowest BCUT2D eigenvalue weighted by atomic mass is 9.52. The molecule has 0 atom stereocenters. The molecule has 1 nitrogen and oxygen atoms in total. The summed E-state index contributed by atoms with van der Waals surface area (Å²) in [7, 11) is 0. The molecule has 0 aliphatic heterocycles. The first-order valence-electron chi connectivity index (χ1n) is 20.0. The van der Waals surface area contributed by atoms with E-state index in [4.69, 9.17) is 0 Å². The third-order valence-electron chi connectivity index (χ3n) is 13.5. The fraction of sp³-hybridized carbons (Fsp3) is 0.0357. The van der Waals surface area contributed by atoms with Gasteiger partial charge in [-0.2, -0.15) is 0 Å². The van der Waals surface area contributed by atoms with E-state index in [1.54, 1.807) is 0 Å². The molecular formula is C56H39N. The minimum Gasteiger partial charge on any atom is -0.309 e. The number of hydrogen-bond donors (Lipinski definition) is 0. The zero-order valence-corrected chi connectivity index (χ0v) is 31.2. The highest BCUT2D eigenvalue weighted by Gasteiger charge is 2.59. The summed E-state index contributed by atoms with van der Waals surface area (Å²) < 4.78 is 2.53. The van der Waals surface area contributed by atoms with Crippen molar-refractivity contribution in [2.24, 2.45) is 0 Å². The van der Waals surface area contributed by atoms with Gasteiger partial charge in [-0.3, -0.25) is 0 Å². The maximum absolute atomic E-state index is 2.53. The molecule has 1 heteroatoms. The second kappa shape index (κ2) is 11.2. The molecule has 1 heterocycles. The summed E-state index contributed by atoms with van der Waals surface area (Å²) in [4.78, 5) is 0. The minimum absolute atomic E-state index is 0. The molecule has 0 bridgehead atoms. The fourth-order valence-electron chi connectivity index (χ4n) is 11.5. The zero-order chi connectivity index (χ0) is 37.3. The maximum atomic E-state index is 2.53. The summed E-state index contributed by atoms with van der Waals surface area (Å²) >= 11 is 0. The summed E-state index contributed by atoms with van der Waals surface area (Å²) in [6, 6.07) is 79.9. The lowest BCUT2D eigenvalue weighted by molar-refractivity contribution is 0.633. The van der Waals surface area contributed by atoms with Gasteiger partial charge >= 0.3 is 0 Å². The highest BCUT2D eigenvalue weighted by atomic mass is 15.0. The highest BCUT2D eigenvalue weighted by Crippen LogP contribution is 2.67. The highest BCUT2D eigenvalue weighted by molar-refractivity contribution is 6.11. The van der Waals surface area contributed by atoms with Crippen molar-refractivity contribution in [3.63, 3.8) is 0 Å². The predicted molar refractivity (Wildman–Crippen MR) is 239 cm³/mol. The molecule has 0 amide bonds. The van der Waals surface area contributed by atoms with Crippen LogP contribution < -0.4 is 0 Å². The van der Waals surface area contributed by atoms with Crippen molar-refractivity contribution >= 4 is 21.8 Å². The lowest BCUT2D eigenvalue weighted by Gasteiger charge is -2.48. The Hall–Kier alpha value is -7.22. The summed E-state index contributed by atoms with van der Waals surface area (Å²) in [5.41, 5.74) is 21.2. The topological polar surface area (TPSA) is 4.93 Å². The van der Waals surface area contributed by atoms with Crippen molar-refractivity contribution in [2.75, 3.05) is 0 Å². The molecule has 10 aromatic rings. The Kier molecular flexibility index (Phi) is 6.09. The van der Waals surface area contributed by atoms with Crippen molar-refractivity contribution in [1.29, 1.82) is 0 Å². The zero-order valence-electron chi connectivity index (χ0n) is 31.2. The molecule has 0 unspecified atom stereocenters. The van der Waals surface area contributed by atoms with Gasteiger partial charge in [0.1, 0.15) is 0 Å². The molecule has 13 rings (SSSR count). The van der Waals surface area contributed by atoms with Crippen LogP contribution in [0.25, 0.3) is 60.9 Å². The second-order valence-corrected chi connectivity index (χ2v) is 15.9. The van der Waals surface area contributed by atoms with E-state index in [1.807, 2.05) is 0 Å². The smallest absolute Gasteiger partial charge is 0.0720 e. The Labute approximate surface area is 334 Å². The van der Waals surface area contributed by atoms with E-state index in [9.17, 15) is 0 Å². The Bertz CT molecular complexity index is 3220. The Morgan fingerprint density at radius 3 is 1.39 bits per heavy atom. The summed E-state index contributed by atoms with van der Waals surface area (Å²) in [5, 5.41) is 2.53. The second-order valence-electron chi connectivity index (χ2n) is 15.9. The monoisotopic (exact) mass is 725 g/mol. The van der Waals surface area contributed by atoms with E-state index < -0.39 is 10.8 Å². The van der Waals surface area contributed by atoms with Crippen LogP contribution in [-0.2, 0) is 10.8 Å². The van der Waals surface area contributed by atoms with Gasteiger partial charge in [-0.25, -0.2) is 0 Å². The average Bonchev–Trinajstić information content (AvgIpc) is 3.89. The molecule has 0 N–H and O–H groups in total. The molecule has 57 heavy (non-hydrogen) atoms. The van der Waals surface area contributed by atoms with Crippen LogP contribution in [0.4, 0.5) is 0 Å². The van der Waals surface area contributed by atoms with Crippen LogP contribution in [-0.4, -0.2) is 4.57 Å². The van der Waals surface area contributed by atoms with E-state index in [-0.39, 0.29) is 2.85 Å². The normalized spacial score (nSPS) is 14.6. The molecule has 0 fully saturated rings. The van der Waals surface area contributed by atoms with E-state index in [2.05, 4.69) is 217 Å². The first-order valence-corrected chi connectivity index (χ1v) is 20.0. The van der Waals surface area contributed by atoms with Gasteiger partial charge in [0.05, 0.1) is 27.6 Å². The maximum Gasteiger partial charge on any atom is 0.0720 e. The predicted octanol–water partition coefficient (Wildman–Crippen LogP) is 14.0. The van der Waals surface area contributed by atoms with Gasteiger partial charge < -0.3 is 4.57 Å². The Balaban J connectivity index is 0.00000198. The first-order chi connectivity index (χ1) is 28.3. The number of benzene rings is 9. The third-order valence-corrected chi connectivity index (χ3v) is 13.5. The van der Waals surface area contributed by atoms with E-state index in [1.165, 1.54) is 105 Å². The van der Waals surface area contributed by atoms with Crippen LogP contribution in [0, 0.1) is 0 Å². The van der Waals surface area contributed by atoms with E-state index in [0.717, 1.165) is 0 Å². The standard InChI is InChI=1S/C56H35N.2H2/c1-2-17-36(18-3-1)37-33-34-52-42(35-37)40-21-7-15-31-51(40)57(52)53-32-16-30-50-54(53)41-22-6-10-25-45(41)56(50)48-28-13-11-26-46(48)55(47-27-12-14-29-49(47)56)43-23-8-4-19-38(43)39-20-5-9-24-44(39)55;;/h1-35H;2*1H. The third kappa shape index (κ3) is 3.70. The van der Waals surface area contributed by atoms with Crippen molar-refractivity contribution < 1.29 is 2.85 Å². The number of rotatable bonds is 2. The minimum atomic E-state index is -0.536. The van der Waals surface area contributed by atoms with Crippen molar-refractivity contribution in [3.8, 4) is 39.1 Å². The fourth-order valence-corrected chi connectivity index (χ4v) is 11.5. The van der Waals surface area contributed by atoms with Crippen LogP contribution in [0.1, 0.15) is 47.4 Å². The van der Waals surface area contributed by atoms with Crippen LogP contribution in [0.2, 0.25) is 0 Å². The molecule has 9 aromatic carbocycles. The summed E-state index contributed by atoms with van der Waals surface area (Å²) in [6.07, 6.45) is 0. The van der Waals surface area contributed by atoms with Gasteiger partial charge in [0.2, 0.25) is 0 Å². The lowest BCUT2D eigenvalue weighted by Crippen LogP contribution is -2.43. The number of para-hydroxylation sites is 1. The van der Waals surface area contributed by atoms with Crippen LogP contribution in [0.3, 0.4) is 0 Å². The Morgan fingerprint density at radius 1 is 0.298 bits per heavy atom. The first kappa shape index (κ1) is 31.0. The number of aromatic nitrogens is 1. The molecular weight excluding hydrogens is 687 g/mol. The largest absolute Gasteiger partial charge is 0.309 e. The van der Waals surface area contributed by atoms with Gasteiger partial charge in [-0.15, -0.1) is 0 Å².